The number of hydrogen-bond donors (Lipinski definition) is 1. The molecule has 0 aromatic rings. The third kappa shape index (κ3) is 5.07. The molecule has 1 aliphatic heterocycles. The van der Waals surface area contributed by atoms with E-state index in [1.807, 2.05) is 6.92 Å². The molecule has 3 nitrogen and oxygen atoms in total. The summed E-state index contributed by atoms with van der Waals surface area (Å²) in [7, 11) is 0. The number of unbranched alkanes of at least 4 members (excludes halogenated alkanes) is 4. The van der Waals surface area contributed by atoms with Crippen molar-refractivity contribution in [3.63, 3.8) is 0 Å². The molecule has 1 fully saturated rings. The Kier molecular flexibility index (Phi) is 6.56. The second kappa shape index (κ2) is 7.70. The summed E-state index contributed by atoms with van der Waals surface area (Å²) in [5.74, 6) is 0.00879. The van der Waals surface area contributed by atoms with Crippen LogP contribution >= 0.6 is 0 Å². The van der Waals surface area contributed by atoms with Crippen LogP contribution in [0.5, 0.6) is 0 Å². The van der Waals surface area contributed by atoms with Crippen LogP contribution in [0.25, 0.3) is 0 Å². The van der Waals surface area contributed by atoms with E-state index in [-0.39, 0.29) is 11.4 Å². The first-order valence-corrected chi connectivity index (χ1v) is 7.07. The average Bonchev–Trinajstić information content (AvgIpc) is 2.34. The van der Waals surface area contributed by atoms with Gasteiger partial charge in [0.15, 0.2) is 0 Å². The predicted molar refractivity (Wildman–Crippen MR) is 69.9 cm³/mol. The van der Waals surface area contributed by atoms with Gasteiger partial charge in [-0.1, -0.05) is 32.6 Å². The second-order valence-corrected chi connectivity index (χ2v) is 5.36. The first-order valence-electron chi connectivity index (χ1n) is 7.07. The Morgan fingerprint density at radius 1 is 1.18 bits per heavy atom. The van der Waals surface area contributed by atoms with Gasteiger partial charge < -0.3 is 10.1 Å². The van der Waals surface area contributed by atoms with E-state index in [0.29, 0.717) is 6.61 Å². The Labute approximate surface area is 105 Å². The van der Waals surface area contributed by atoms with Gasteiger partial charge in [0.2, 0.25) is 0 Å². The minimum absolute atomic E-state index is 0.00879. The Morgan fingerprint density at radius 2 is 1.82 bits per heavy atom. The van der Waals surface area contributed by atoms with E-state index in [0.717, 1.165) is 32.4 Å². The Balaban J connectivity index is 2.11. The zero-order valence-electron chi connectivity index (χ0n) is 11.4. The highest BCUT2D eigenvalue weighted by molar-refractivity contribution is 5.76. The summed E-state index contributed by atoms with van der Waals surface area (Å²) in [6.07, 6.45) is 7.81. The van der Waals surface area contributed by atoms with Crippen molar-refractivity contribution in [3.05, 3.63) is 0 Å². The Hall–Kier alpha value is -0.570. The molecule has 0 aromatic heterocycles. The molecule has 100 valence electrons. The van der Waals surface area contributed by atoms with Crippen molar-refractivity contribution in [3.8, 4) is 0 Å². The number of hydrogen-bond acceptors (Lipinski definition) is 3. The molecule has 0 aliphatic carbocycles. The van der Waals surface area contributed by atoms with Gasteiger partial charge >= 0.3 is 5.97 Å². The molecule has 0 unspecified atom stereocenters. The number of carbonyl (C=O) groups excluding carboxylic acids is 1. The molecule has 1 N–H and O–H groups in total. The molecule has 1 aliphatic rings. The fraction of sp³-hybridized carbons (Fsp3) is 0.929. The molecule has 0 aromatic carbocycles. The van der Waals surface area contributed by atoms with Gasteiger partial charge in [0.1, 0.15) is 0 Å². The molecule has 1 rings (SSSR count). The van der Waals surface area contributed by atoms with Gasteiger partial charge in [0, 0.05) is 0 Å². The van der Waals surface area contributed by atoms with Gasteiger partial charge in [-0.2, -0.15) is 0 Å². The van der Waals surface area contributed by atoms with Crippen molar-refractivity contribution in [2.45, 2.75) is 58.8 Å². The first kappa shape index (κ1) is 14.5. The summed E-state index contributed by atoms with van der Waals surface area (Å²) in [6, 6.07) is 0. The van der Waals surface area contributed by atoms with E-state index in [9.17, 15) is 4.79 Å². The van der Waals surface area contributed by atoms with Crippen LogP contribution in [0.1, 0.15) is 58.8 Å². The zero-order chi connectivity index (χ0) is 12.6. The maximum absolute atomic E-state index is 12.0. The van der Waals surface area contributed by atoms with Crippen molar-refractivity contribution < 1.29 is 9.53 Å². The average molecular weight is 241 g/mol. The van der Waals surface area contributed by atoms with Gasteiger partial charge in [-0.05, 0) is 39.3 Å². The van der Waals surface area contributed by atoms with E-state index in [1.54, 1.807) is 0 Å². The summed E-state index contributed by atoms with van der Waals surface area (Å²) >= 11 is 0. The summed E-state index contributed by atoms with van der Waals surface area (Å²) in [4.78, 5) is 12.0. The summed E-state index contributed by atoms with van der Waals surface area (Å²) < 4.78 is 5.40. The molecule has 17 heavy (non-hydrogen) atoms. The summed E-state index contributed by atoms with van der Waals surface area (Å²) in [6.45, 7) is 6.71. The number of rotatable bonds is 7. The lowest BCUT2D eigenvalue weighted by Crippen LogP contribution is -2.41. The van der Waals surface area contributed by atoms with Crippen molar-refractivity contribution in [1.29, 1.82) is 0 Å². The van der Waals surface area contributed by atoms with E-state index in [4.69, 9.17) is 4.74 Å². The van der Waals surface area contributed by atoms with Gasteiger partial charge in [-0.15, -0.1) is 0 Å². The van der Waals surface area contributed by atoms with Crippen LogP contribution < -0.4 is 5.32 Å². The molecular formula is C14H27NO2. The van der Waals surface area contributed by atoms with Crippen molar-refractivity contribution in [2.24, 2.45) is 5.41 Å². The molecule has 0 atom stereocenters. The normalized spacial score (nSPS) is 18.9. The van der Waals surface area contributed by atoms with Crippen LogP contribution in [0, 0.1) is 5.41 Å². The minimum Gasteiger partial charge on any atom is -0.465 e. The Bertz CT molecular complexity index is 222. The molecule has 1 heterocycles. The second-order valence-electron chi connectivity index (χ2n) is 5.36. The topological polar surface area (TPSA) is 38.3 Å². The summed E-state index contributed by atoms with van der Waals surface area (Å²) in [5.41, 5.74) is -0.241. The van der Waals surface area contributed by atoms with Crippen molar-refractivity contribution in [2.75, 3.05) is 19.7 Å². The highest BCUT2D eigenvalue weighted by atomic mass is 16.5. The highest BCUT2D eigenvalue weighted by Gasteiger charge is 2.35. The van der Waals surface area contributed by atoms with Gasteiger partial charge in [-0.25, -0.2) is 0 Å². The molecule has 0 spiro atoms. The molecule has 3 heteroatoms. The maximum atomic E-state index is 12.0. The number of nitrogens with one attached hydrogen (secondary N) is 1. The highest BCUT2D eigenvalue weighted by Crippen LogP contribution is 2.29. The standard InChI is InChI=1S/C14H27NO2/c1-3-4-5-6-7-12-17-13(16)14(2)8-10-15-11-9-14/h15H,3-12H2,1-2H3. The van der Waals surface area contributed by atoms with Gasteiger partial charge in [0.25, 0.3) is 0 Å². The van der Waals surface area contributed by atoms with Crippen LogP contribution in [0.15, 0.2) is 0 Å². The number of esters is 1. The first-order chi connectivity index (χ1) is 8.19. The van der Waals surface area contributed by atoms with Crippen molar-refractivity contribution in [1.82, 2.24) is 5.32 Å². The van der Waals surface area contributed by atoms with E-state index in [1.165, 1.54) is 25.7 Å². The molecular weight excluding hydrogens is 214 g/mol. The lowest BCUT2D eigenvalue weighted by Gasteiger charge is -2.31. The quantitative estimate of drug-likeness (QED) is 0.550. The lowest BCUT2D eigenvalue weighted by molar-refractivity contribution is -0.156. The van der Waals surface area contributed by atoms with Crippen LogP contribution in [0.4, 0.5) is 0 Å². The third-order valence-corrected chi connectivity index (χ3v) is 3.68. The third-order valence-electron chi connectivity index (χ3n) is 3.68. The molecule has 0 amide bonds. The van der Waals surface area contributed by atoms with E-state index < -0.39 is 0 Å². The lowest BCUT2D eigenvalue weighted by atomic mass is 9.81. The Morgan fingerprint density at radius 3 is 2.47 bits per heavy atom. The van der Waals surface area contributed by atoms with Crippen molar-refractivity contribution >= 4 is 5.97 Å². The molecule has 1 saturated heterocycles. The van der Waals surface area contributed by atoms with Gasteiger partial charge in [0.05, 0.1) is 12.0 Å². The monoisotopic (exact) mass is 241 g/mol. The number of piperidine rings is 1. The van der Waals surface area contributed by atoms with Gasteiger partial charge in [-0.3, -0.25) is 4.79 Å². The van der Waals surface area contributed by atoms with Crippen LogP contribution in [-0.4, -0.2) is 25.7 Å². The number of carbonyl (C=O) groups is 1. The predicted octanol–water partition coefficient (Wildman–Crippen LogP) is 2.89. The maximum Gasteiger partial charge on any atom is 0.311 e. The smallest absolute Gasteiger partial charge is 0.311 e. The summed E-state index contributed by atoms with van der Waals surface area (Å²) in [5, 5.41) is 3.28. The fourth-order valence-electron chi connectivity index (χ4n) is 2.23. The molecule has 0 radical (unpaired) electrons. The SMILES string of the molecule is CCCCCCCOC(=O)C1(C)CCNCC1. The van der Waals surface area contributed by atoms with Crippen LogP contribution in [-0.2, 0) is 9.53 Å². The van der Waals surface area contributed by atoms with Crippen LogP contribution in [0.2, 0.25) is 0 Å². The largest absolute Gasteiger partial charge is 0.465 e. The fourth-order valence-corrected chi connectivity index (χ4v) is 2.23. The molecule has 0 saturated carbocycles. The van der Waals surface area contributed by atoms with Crippen LogP contribution in [0.3, 0.4) is 0 Å². The minimum atomic E-state index is -0.241. The molecule has 0 bridgehead atoms. The van der Waals surface area contributed by atoms with E-state index in [2.05, 4.69) is 12.2 Å². The number of ether oxygens (including phenoxy) is 1. The van der Waals surface area contributed by atoms with E-state index >= 15 is 0 Å². The zero-order valence-corrected chi connectivity index (χ0v) is 11.4.